The van der Waals surface area contributed by atoms with Crippen LogP contribution in [0.15, 0.2) is 95.2 Å². The lowest BCUT2D eigenvalue weighted by atomic mass is 9.87. The SMILES string of the molecule is C=C(/C=C(\C=C/C)C(CC)CCC(C)C)CN1C(=O)c2ccccc2C1=O.CC(C)=C(C)/C=C\C=C(/C)C(C)F. The van der Waals surface area contributed by atoms with Crippen molar-refractivity contribution in [2.24, 2.45) is 11.8 Å². The number of hydrogen-bond donors (Lipinski definition) is 0. The highest BCUT2D eigenvalue weighted by molar-refractivity contribution is 6.21. The van der Waals surface area contributed by atoms with Gasteiger partial charge >= 0.3 is 0 Å². The van der Waals surface area contributed by atoms with E-state index in [9.17, 15) is 14.0 Å². The summed E-state index contributed by atoms with van der Waals surface area (Å²) >= 11 is 0. The molecule has 0 fully saturated rings. The van der Waals surface area contributed by atoms with Crippen LogP contribution in [0.5, 0.6) is 0 Å². The van der Waals surface area contributed by atoms with Crippen LogP contribution in [0.2, 0.25) is 0 Å². The van der Waals surface area contributed by atoms with Crippen molar-refractivity contribution in [3.8, 4) is 0 Å². The number of imide groups is 1. The first-order valence-corrected chi connectivity index (χ1v) is 14.4. The normalized spacial score (nSPS) is 15.4. The Balaban J connectivity index is 0.000000520. The Kier molecular flexibility index (Phi) is 15.1. The van der Waals surface area contributed by atoms with Gasteiger partial charge in [-0.2, -0.15) is 0 Å². The van der Waals surface area contributed by atoms with Gasteiger partial charge in [-0.15, -0.1) is 0 Å². The molecule has 1 aromatic rings. The molecule has 0 saturated heterocycles. The van der Waals surface area contributed by atoms with Crippen molar-refractivity contribution < 1.29 is 14.0 Å². The number of allylic oxidation sites excluding steroid dienone is 9. The van der Waals surface area contributed by atoms with Gasteiger partial charge in [0, 0.05) is 0 Å². The Morgan fingerprint density at radius 3 is 2.00 bits per heavy atom. The van der Waals surface area contributed by atoms with Gasteiger partial charge in [-0.3, -0.25) is 14.5 Å². The van der Waals surface area contributed by atoms with Crippen LogP contribution < -0.4 is 0 Å². The second-order valence-corrected chi connectivity index (χ2v) is 11.2. The lowest BCUT2D eigenvalue weighted by molar-refractivity contribution is 0.0669. The Morgan fingerprint density at radius 1 is 0.975 bits per heavy atom. The third kappa shape index (κ3) is 11.1. The molecular formula is C36H50FNO2. The van der Waals surface area contributed by atoms with Crippen molar-refractivity contribution in [3.63, 3.8) is 0 Å². The lowest BCUT2D eigenvalue weighted by Gasteiger charge is -2.19. The second kappa shape index (κ2) is 17.4. The summed E-state index contributed by atoms with van der Waals surface area (Å²) in [4.78, 5) is 26.4. The van der Waals surface area contributed by atoms with E-state index in [0.29, 0.717) is 23.0 Å². The number of benzene rings is 1. The molecule has 218 valence electrons. The predicted molar refractivity (Wildman–Crippen MR) is 169 cm³/mol. The first-order chi connectivity index (χ1) is 18.8. The van der Waals surface area contributed by atoms with Crippen LogP contribution >= 0.6 is 0 Å². The average Bonchev–Trinajstić information content (AvgIpc) is 3.13. The zero-order chi connectivity index (χ0) is 30.4. The van der Waals surface area contributed by atoms with E-state index in [1.165, 1.54) is 28.0 Å². The van der Waals surface area contributed by atoms with Gasteiger partial charge in [0.25, 0.3) is 11.8 Å². The quantitative estimate of drug-likeness (QED) is 0.193. The molecule has 2 unspecified atom stereocenters. The van der Waals surface area contributed by atoms with Gasteiger partial charge in [0.1, 0.15) is 6.17 Å². The first-order valence-electron chi connectivity index (χ1n) is 14.4. The molecule has 1 heterocycles. The maximum absolute atomic E-state index is 12.7. The summed E-state index contributed by atoms with van der Waals surface area (Å²) in [6, 6.07) is 6.98. The smallest absolute Gasteiger partial charge is 0.261 e. The van der Waals surface area contributed by atoms with Crippen molar-refractivity contribution in [1.29, 1.82) is 0 Å². The van der Waals surface area contributed by atoms with Crippen LogP contribution in [0, 0.1) is 11.8 Å². The molecule has 0 aromatic heterocycles. The van der Waals surface area contributed by atoms with E-state index < -0.39 is 6.17 Å². The molecule has 1 aliphatic heterocycles. The number of rotatable bonds is 12. The molecule has 2 atom stereocenters. The maximum Gasteiger partial charge on any atom is 0.261 e. The van der Waals surface area contributed by atoms with Crippen LogP contribution in [0.3, 0.4) is 0 Å². The number of amides is 2. The third-order valence-corrected chi connectivity index (χ3v) is 7.15. The molecule has 2 amide bonds. The molecule has 0 aliphatic carbocycles. The van der Waals surface area contributed by atoms with E-state index in [4.69, 9.17) is 0 Å². The van der Waals surface area contributed by atoms with Crippen molar-refractivity contribution in [3.05, 3.63) is 106 Å². The van der Waals surface area contributed by atoms with E-state index in [2.05, 4.69) is 53.3 Å². The predicted octanol–water partition coefficient (Wildman–Crippen LogP) is 10.0. The lowest BCUT2D eigenvalue weighted by Crippen LogP contribution is -2.31. The molecule has 0 radical (unpaired) electrons. The van der Waals surface area contributed by atoms with Crippen molar-refractivity contribution >= 4 is 11.8 Å². The largest absolute Gasteiger partial charge is 0.270 e. The number of hydrogen-bond acceptors (Lipinski definition) is 2. The van der Waals surface area contributed by atoms with Gasteiger partial charge in [0.05, 0.1) is 17.7 Å². The first kappa shape index (κ1) is 34.8. The molecule has 0 saturated carbocycles. The maximum atomic E-state index is 12.7. The van der Waals surface area contributed by atoms with Crippen LogP contribution in [0.25, 0.3) is 0 Å². The fourth-order valence-electron chi connectivity index (χ4n) is 4.15. The molecular weight excluding hydrogens is 497 g/mol. The van der Waals surface area contributed by atoms with Crippen LogP contribution in [0.4, 0.5) is 4.39 Å². The van der Waals surface area contributed by atoms with Gasteiger partial charge < -0.3 is 0 Å². The average molecular weight is 548 g/mol. The Hall–Kier alpha value is -3.27. The van der Waals surface area contributed by atoms with Gasteiger partial charge in [-0.25, -0.2) is 4.39 Å². The fraction of sp³-hybridized carbons (Fsp3) is 0.444. The molecule has 1 aliphatic rings. The van der Waals surface area contributed by atoms with Crippen LogP contribution in [0.1, 0.15) is 102 Å². The van der Waals surface area contributed by atoms with E-state index in [1.54, 1.807) is 38.1 Å². The van der Waals surface area contributed by atoms with Crippen molar-refractivity contribution in [1.82, 2.24) is 4.90 Å². The standard InChI is InChI=1S/C24H31NO2.C12H19F/c1-6-10-20(19(7-2)14-13-17(3)4)15-18(5)16-25-23(26)21-11-8-9-12-22(21)24(25)27;1-9(2)10(3)7-6-8-11(4)12(5)13/h6,8-12,15,17,19H,5,7,13-14,16H2,1-4H3;6-8,12H,1-5H3/b10-6-,20-15+;7-6-,11-8+. The van der Waals surface area contributed by atoms with Crippen molar-refractivity contribution in [2.45, 2.75) is 87.7 Å². The van der Waals surface area contributed by atoms with Crippen LogP contribution in [-0.4, -0.2) is 29.4 Å². The summed E-state index contributed by atoms with van der Waals surface area (Å²) in [6.07, 6.45) is 14.5. The van der Waals surface area contributed by atoms with E-state index in [1.807, 2.05) is 38.2 Å². The summed E-state index contributed by atoms with van der Waals surface area (Å²) < 4.78 is 12.7. The van der Waals surface area contributed by atoms with Gasteiger partial charge in [-0.1, -0.05) is 93.5 Å². The molecule has 4 heteroatoms. The van der Waals surface area contributed by atoms with Crippen LogP contribution in [-0.2, 0) is 0 Å². The highest BCUT2D eigenvalue weighted by Gasteiger charge is 2.35. The number of halogens is 1. The van der Waals surface area contributed by atoms with E-state index >= 15 is 0 Å². The summed E-state index contributed by atoms with van der Waals surface area (Å²) in [6.45, 7) is 22.6. The minimum absolute atomic E-state index is 0.230. The molecule has 1 aromatic carbocycles. The summed E-state index contributed by atoms with van der Waals surface area (Å²) in [5, 5.41) is 0. The summed E-state index contributed by atoms with van der Waals surface area (Å²) in [5.74, 6) is 0.671. The third-order valence-electron chi connectivity index (χ3n) is 7.15. The topological polar surface area (TPSA) is 37.4 Å². The molecule has 0 spiro atoms. The van der Waals surface area contributed by atoms with Gasteiger partial charge in [-0.05, 0) is 95.1 Å². The molecule has 0 N–H and O–H groups in total. The number of carbonyl (C=O) groups is 2. The molecule has 3 nitrogen and oxygen atoms in total. The highest BCUT2D eigenvalue weighted by Crippen LogP contribution is 2.27. The Labute approximate surface area is 242 Å². The van der Waals surface area contributed by atoms with E-state index in [0.717, 1.165) is 24.0 Å². The number of nitrogens with zero attached hydrogens (tertiary/aromatic N) is 1. The molecule has 2 rings (SSSR count). The monoisotopic (exact) mass is 547 g/mol. The molecule has 40 heavy (non-hydrogen) atoms. The zero-order valence-corrected chi connectivity index (χ0v) is 26.2. The number of fused-ring (bicyclic) bond motifs is 1. The summed E-state index contributed by atoms with van der Waals surface area (Å²) in [5.41, 5.74) is 6.25. The molecule has 0 bridgehead atoms. The number of alkyl halides is 1. The van der Waals surface area contributed by atoms with E-state index in [-0.39, 0.29) is 18.4 Å². The zero-order valence-electron chi connectivity index (χ0n) is 26.2. The van der Waals surface area contributed by atoms with Crippen molar-refractivity contribution in [2.75, 3.05) is 6.54 Å². The Morgan fingerprint density at radius 2 is 1.55 bits per heavy atom. The fourth-order valence-corrected chi connectivity index (χ4v) is 4.15. The van der Waals surface area contributed by atoms with Gasteiger partial charge in [0.2, 0.25) is 0 Å². The summed E-state index contributed by atoms with van der Waals surface area (Å²) in [7, 11) is 0. The van der Waals surface area contributed by atoms with Gasteiger partial charge in [0.15, 0.2) is 0 Å². The Bertz CT molecular complexity index is 1140. The number of carbonyl (C=O) groups excluding carboxylic acids is 2. The minimum atomic E-state index is -0.850. The minimum Gasteiger partial charge on any atom is -0.270 e. The second-order valence-electron chi connectivity index (χ2n) is 11.2. The highest BCUT2D eigenvalue weighted by atomic mass is 19.1.